The van der Waals surface area contributed by atoms with Crippen molar-refractivity contribution < 1.29 is 24.1 Å². The Balaban J connectivity index is 2.70. The van der Waals surface area contributed by atoms with Crippen molar-refractivity contribution in [3.63, 3.8) is 0 Å². The molecule has 5 nitrogen and oxygen atoms in total. The van der Waals surface area contributed by atoms with Gasteiger partial charge in [-0.25, -0.2) is 4.79 Å². The minimum atomic E-state index is -1.07. The van der Waals surface area contributed by atoms with Crippen LogP contribution in [-0.4, -0.2) is 44.6 Å². The zero-order valence-corrected chi connectivity index (χ0v) is 11.2. The molecule has 0 saturated carbocycles. The fourth-order valence-corrected chi connectivity index (χ4v) is 1.52. The maximum Gasteiger partial charge on any atom is 0.338 e. The second-order valence-electron chi connectivity index (χ2n) is 3.80. The van der Waals surface area contributed by atoms with Crippen molar-refractivity contribution >= 4 is 12.0 Å². The summed E-state index contributed by atoms with van der Waals surface area (Å²) in [5.74, 6) is 0.136. The van der Waals surface area contributed by atoms with E-state index in [1.807, 2.05) is 12.1 Å². The first-order chi connectivity index (χ1) is 9.12. The van der Waals surface area contributed by atoms with Crippen LogP contribution in [0.2, 0.25) is 0 Å². The Morgan fingerprint density at radius 1 is 1.21 bits per heavy atom. The standard InChI is InChI=1S/C14H18O5/c1-17-11-7-4-10(5-8-11)6-9-12(15)13(18-2)14(16)19-3/h4-9,12-13,15H,1-3H3/b9-6+/t12-,13+/m1/s1. The average molecular weight is 266 g/mol. The molecule has 0 saturated heterocycles. The van der Waals surface area contributed by atoms with Gasteiger partial charge in [-0.3, -0.25) is 0 Å². The third-order valence-corrected chi connectivity index (χ3v) is 2.60. The molecule has 0 unspecified atom stereocenters. The zero-order valence-electron chi connectivity index (χ0n) is 11.2. The van der Waals surface area contributed by atoms with Crippen LogP contribution < -0.4 is 4.74 Å². The highest BCUT2D eigenvalue weighted by Gasteiger charge is 2.25. The molecule has 0 amide bonds. The Morgan fingerprint density at radius 3 is 2.32 bits per heavy atom. The first kappa shape index (κ1) is 15.2. The third kappa shape index (κ3) is 4.39. The molecule has 0 aliphatic rings. The van der Waals surface area contributed by atoms with Crippen LogP contribution in [0.3, 0.4) is 0 Å². The van der Waals surface area contributed by atoms with Gasteiger partial charge < -0.3 is 19.3 Å². The van der Waals surface area contributed by atoms with E-state index < -0.39 is 18.2 Å². The van der Waals surface area contributed by atoms with E-state index in [9.17, 15) is 9.90 Å². The van der Waals surface area contributed by atoms with Crippen LogP contribution in [-0.2, 0) is 14.3 Å². The minimum absolute atomic E-state index is 0.616. The molecule has 19 heavy (non-hydrogen) atoms. The van der Waals surface area contributed by atoms with Crippen LogP contribution in [0.5, 0.6) is 5.75 Å². The summed E-state index contributed by atoms with van der Waals surface area (Å²) in [6, 6.07) is 7.28. The molecule has 0 heterocycles. The zero-order chi connectivity index (χ0) is 14.3. The molecule has 1 rings (SSSR count). The van der Waals surface area contributed by atoms with E-state index in [-0.39, 0.29) is 0 Å². The van der Waals surface area contributed by atoms with Crippen molar-refractivity contribution in [3.8, 4) is 5.75 Å². The van der Waals surface area contributed by atoms with Gasteiger partial charge >= 0.3 is 5.97 Å². The molecular weight excluding hydrogens is 248 g/mol. The second kappa shape index (κ2) is 7.56. The van der Waals surface area contributed by atoms with Gasteiger partial charge in [0, 0.05) is 7.11 Å². The van der Waals surface area contributed by atoms with Gasteiger partial charge in [0.25, 0.3) is 0 Å². The van der Waals surface area contributed by atoms with Gasteiger partial charge in [0.1, 0.15) is 11.9 Å². The fraction of sp³-hybridized carbons (Fsp3) is 0.357. The van der Waals surface area contributed by atoms with Crippen LogP contribution in [0, 0.1) is 0 Å². The van der Waals surface area contributed by atoms with Gasteiger partial charge in [0.15, 0.2) is 6.10 Å². The molecule has 5 heteroatoms. The Hall–Kier alpha value is -1.85. The predicted octanol–water partition coefficient (Wildman–Crippen LogP) is 1.26. The molecule has 2 atom stereocenters. The lowest BCUT2D eigenvalue weighted by atomic mass is 10.1. The van der Waals surface area contributed by atoms with E-state index in [2.05, 4.69) is 4.74 Å². The van der Waals surface area contributed by atoms with E-state index in [4.69, 9.17) is 9.47 Å². The van der Waals surface area contributed by atoms with Gasteiger partial charge in [-0.2, -0.15) is 0 Å². The number of esters is 1. The van der Waals surface area contributed by atoms with E-state index >= 15 is 0 Å². The van der Waals surface area contributed by atoms with Crippen molar-refractivity contribution in [1.82, 2.24) is 0 Å². The molecule has 1 N–H and O–H groups in total. The highest BCUT2D eigenvalue weighted by Crippen LogP contribution is 2.13. The molecule has 104 valence electrons. The van der Waals surface area contributed by atoms with E-state index in [0.717, 1.165) is 11.3 Å². The van der Waals surface area contributed by atoms with Crippen molar-refractivity contribution in [2.24, 2.45) is 0 Å². The maximum absolute atomic E-state index is 11.3. The van der Waals surface area contributed by atoms with Crippen LogP contribution >= 0.6 is 0 Å². The molecule has 0 spiro atoms. The van der Waals surface area contributed by atoms with Crippen LogP contribution in [0.25, 0.3) is 6.08 Å². The van der Waals surface area contributed by atoms with E-state index in [1.165, 1.54) is 20.3 Å². The van der Waals surface area contributed by atoms with Crippen molar-refractivity contribution in [3.05, 3.63) is 35.9 Å². The Kier molecular flexibility index (Phi) is 6.05. The summed E-state index contributed by atoms with van der Waals surface area (Å²) in [6.07, 6.45) is 1.07. The van der Waals surface area contributed by atoms with Crippen LogP contribution in [0.1, 0.15) is 5.56 Å². The van der Waals surface area contributed by atoms with Crippen molar-refractivity contribution in [1.29, 1.82) is 0 Å². The number of aliphatic hydroxyl groups excluding tert-OH is 1. The number of aliphatic hydroxyl groups is 1. The van der Waals surface area contributed by atoms with Gasteiger partial charge in [-0.05, 0) is 17.7 Å². The summed E-state index contributed by atoms with van der Waals surface area (Å²) in [4.78, 5) is 11.3. The molecular formula is C14H18O5. The molecule has 1 aromatic carbocycles. The third-order valence-electron chi connectivity index (χ3n) is 2.60. The first-order valence-electron chi connectivity index (χ1n) is 5.73. The fourth-order valence-electron chi connectivity index (χ4n) is 1.52. The van der Waals surface area contributed by atoms with Crippen LogP contribution in [0.4, 0.5) is 0 Å². The second-order valence-corrected chi connectivity index (χ2v) is 3.80. The Morgan fingerprint density at radius 2 is 1.84 bits per heavy atom. The smallest absolute Gasteiger partial charge is 0.338 e. The molecule has 0 aliphatic carbocycles. The highest BCUT2D eigenvalue weighted by molar-refractivity contribution is 5.76. The lowest BCUT2D eigenvalue weighted by Gasteiger charge is -2.16. The van der Waals surface area contributed by atoms with E-state index in [1.54, 1.807) is 25.3 Å². The lowest BCUT2D eigenvalue weighted by Crippen LogP contribution is -2.35. The summed E-state index contributed by atoms with van der Waals surface area (Å²) >= 11 is 0. The van der Waals surface area contributed by atoms with Gasteiger partial charge in [0.05, 0.1) is 14.2 Å². The Bertz CT molecular complexity index is 424. The lowest BCUT2D eigenvalue weighted by molar-refractivity contribution is -0.157. The SMILES string of the molecule is COC(=O)[C@@H](OC)[C@H](O)/C=C/c1ccc(OC)cc1. The van der Waals surface area contributed by atoms with Crippen LogP contribution in [0.15, 0.2) is 30.3 Å². The molecule has 0 fully saturated rings. The van der Waals surface area contributed by atoms with Crippen molar-refractivity contribution in [2.75, 3.05) is 21.3 Å². The molecule has 0 aliphatic heterocycles. The minimum Gasteiger partial charge on any atom is -0.497 e. The predicted molar refractivity (Wildman–Crippen MR) is 70.8 cm³/mol. The summed E-state index contributed by atoms with van der Waals surface area (Å²) in [5, 5.41) is 9.84. The quantitative estimate of drug-likeness (QED) is 0.785. The molecule has 1 aromatic rings. The Labute approximate surface area is 112 Å². The number of hydrogen-bond acceptors (Lipinski definition) is 5. The van der Waals surface area contributed by atoms with Gasteiger partial charge in [-0.15, -0.1) is 0 Å². The monoisotopic (exact) mass is 266 g/mol. The van der Waals surface area contributed by atoms with E-state index in [0.29, 0.717) is 0 Å². The number of hydrogen-bond donors (Lipinski definition) is 1. The number of ether oxygens (including phenoxy) is 3. The number of carbonyl (C=O) groups excluding carboxylic acids is 1. The first-order valence-corrected chi connectivity index (χ1v) is 5.73. The summed E-state index contributed by atoms with van der Waals surface area (Å²) in [5.41, 5.74) is 0.875. The number of methoxy groups -OCH3 is 3. The molecule has 0 aromatic heterocycles. The average Bonchev–Trinajstić information content (AvgIpc) is 2.46. The summed E-state index contributed by atoms with van der Waals surface area (Å²) < 4.78 is 14.5. The summed E-state index contributed by atoms with van der Waals surface area (Å²) in [7, 11) is 4.18. The topological polar surface area (TPSA) is 65.0 Å². The highest BCUT2D eigenvalue weighted by atomic mass is 16.6. The number of carbonyl (C=O) groups is 1. The molecule has 0 bridgehead atoms. The maximum atomic E-state index is 11.3. The number of rotatable bonds is 6. The van der Waals surface area contributed by atoms with Gasteiger partial charge in [0.2, 0.25) is 0 Å². The number of benzene rings is 1. The molecule has 0 radical (unpaired) electrons. The normalized spacial score (nSPS) is 14.1. The van der Waals surface area contributed by atoms with Crippen molar-refractivity contribution in [2.45, 2.75) is 12.2 Å². The van der Waals surface area contributed by atoms with Gasteiger partial charge in [-0.1, -0.05) is 24.3 Å². The summed E-state index contributed by atoms with van der Waals surface area (Å²) in [6.45, 7) is 0. The largest absolute Gasteiger partial charge is 0.497 e.